The molecule has 3 aromatic rings. The fourth-order valence-corrected chi connectivity index (χ4v) is 3.85. The van der Waals surface area contributed by atoms with Crippen LogP contribution in [-0.2, 0) is 17.9 Å². The molecule has 0 aliphatic carbocycles. The number of nitrogens with one attached hydrogen (secondary N) is 1. The lowest BCUT2D eigenvalue weighted by Crippen LogP contribution is -2.49. The highest BCUT2D eigenvalue weighted by atomic mass is 19.4. The first-order chi connectivity index (χ1) is 17.3. The summed E-state index contributed by atoms with van der Waals surface area (Å²) in [5, 5.41) is 2.71. The van der Waals surface area contributed by atoms with Crippen LogP contribution in [0.1, 0.15) is 17.5 Å². The zero-order valence-electron chi connectivity index (χ0n) is 19.2. The van der Waals surface area contributed by atoms with E-state index in [0.717, 1.165) is 5.56 Å². The van der Waals surface area contributed by atoms with Gasteiger partial charge < -0.3 is 14.4 Å². The first kappa shape index (κ1) is 24.9. The van der Waals surface area contributed by atoms with Crippen LogP contribution < -0.4 is 15.0 Å². The Bertz CT molecular complexity index is 1190. The lowest BCUT2D eigenvalue weighted by Gasteiger charge is -2.36. The highest BCUT2D eigenvalue weighted by molar-refractivity contribution is 5.99. The predicted molar refractivity (Wildman–Crippen MR) is 128 cm³/mol. The van der Waals surface area contributed by atoms with Crippen molar-refractivity contribution in [3.05, 3.63) is 90.0 Å². The number of amides is 3. The van der Waals surface area contributed by atoms with Crippen LogP contribution >= 0.6 is 0 Å². The van der Waals surface area contributed by atoms with Gasteiger partial charge in [-0.2, -0.15) is 0 Å². The minimum atomic E-state index is -4.76. The third-order valence-electron chi connectivity index (χ3n) is 5.49. The van der Waals surface area contributed by atoms with Gasteiger partial charge >= 0.3 is 18.5 Å². The van der Waals surface area contributed by atoms with Gasteiger partial charge in [-0.3, -0.25) is 10.2 Å². The van der Waals surface area contributed by atoms with Crippen molar-refractivity contribution in [2.45, 2.75) is 25.9 Å². The molecule has 0 radical (unpaired) electrons. The van der Waals surface area contributed by atoms with Crippen LogP contribution in [0.4, 0.5) is 34.1 Å². The zero-order valence-corrected chi connectivity index (χ0v) is 19.2. The van der Waals surface area contributed by atoms with Crippen LogP contribution in [0.3, 0.4) is 0 Å². The molecule has 0 unspecified atom stereocenters. The molecule has 1 aliphatic rings. The Hall–Kier alpha value is -4.21. The third kappa shape index (κ3) is 6.68. The van der Waals surface area contributed by atoms with E-state index in [-0.39, 0.29) is 24.9 Å². The number of urea groups is 1. The lowest BCUT2D eigenvalue weighted by atomic mass is 10.1. The maximum atomic E-state index is 13.3. The summed E-state index contributed by atoms with van der Waals surface area (Å²) in [6, 6.07) is 21.3. The molecule has 0 aromatic heterocycles. The number of nitrogens with zero attached hydrogens (tertiary/aromatic N) is 2. The number of hydrogen-bond donors (Lipinski definition) is 1. The molecular weight excluding hydrogens is 475 g/mol. The van der Waals surface area contributed by atoms with E-state index < -0.39 is 12.5 Å². The van der Waals surface area contributed by atoms with E-state index in [1.54, 1.807) is 34.1 Å². The first-order valence-electron chi connectivity index (χ1n) is 11.3. The summed E-state index contributed by atoms with van der Waals surface area (Å²) < 4.78 is 46.4. The van der Waals surface area contributed by atoms with Crippen LogP contribution in [0.15, 0.2) is 78.9 Å². The van der Waals surface area contributed by atoms with Crippen LogP contribution in [0, 0.1) is 0 Å². The van der Waals surface area contributed by atoms with E-state index in [2.05, 4.69) is 10.1 Å². The normalized spacial score (nSPS) is 13.9. The summed E-state index contributed by atoms with van der Waals surface area (Å²) in [6.07, 6.45) is -4.73. The molecule has 0 atom stereocenters. The minimum absolute atomic E-state index is 0.109. The van der Waals surface area contributed by atoms with Crippen molar-refractivity contribution in [2.24, 2.45) is 0 Å². The number of benzene rings is 3. The van der Waals surface area contributed by atoms with Gasteiger partial charge in [-0.1, -0.05) is 54.6 Å². The summed E-state index contributed by atoms with van der Waals surface area (Å²) in [7, 11) is 0. The fourth-order valence-electron chi connectivity index (χ4n) is 3.85. The van der Waals surface area contributed by atoms with Crippen LogP contribution in [0.2, 0.25) is 0 Å². The SMILES string of the molecule is O=C(Nc1ccccc1N1CCCN(Cc2ccc(OC(F)(F)F)cc2)C1=O)OCc1ccccc1. The topological polar surface area (TPSA) is 71.1 Å². The number of carbonyl (C=O) groups excluding carboxylic acids is 2. The minimum Gasteiger partial charge on any atom is -0.444 e. The van der Waals surface area contributed by atoms with Gasteiger partial charge in [0.15, 0.2) is 0 Å². The molecular formula is C26H24F3N3O4. The van der Waals surface area contributed by atoms with Crippen molar-refractivity contribution < 1.29 is 32.2 Å². The van der Waals surface area contributed by atoms with Crippen LogP contribution in [-0.4, -0.2) is 36.5 Å². The molecule has 1 saturated heterocycles. The molecule has 1 fully saturated rings. The second kappa shape index (κ2) is 11.0. The van der Waals surface area contributed by atoms with Crippen molar-refractivity contribution in [1.82, 2.24) is 4.90 Å². The monoisotopic (exact) mass is 499 g/mol. The molecule has 1 aliphatic heterocycles. The van der Waals surface area contributed by atoms with E-state index in [0.29, 0.717) is 36.4 Å². The zero-order chi connectivity index (χ0) is 25.5. The maximum Gasteiger partial charge on any atom is 0.573 e. The Morgan fingerprint density at radius 3 is 2.31 bits per heavy atom. The average Bonchev–Trinajstić information content (AvgIpc) is 2.85. The molecule has 1 N–H and O–H groups in total. The summed E-state index contributed by atoms with van der Waals surface area (Å²) in [6.45, 7) is 1.27. The van der Waals surface area contributed by atoms with E-state index >= 15 is 0 Å². The van der Waals surface area contributed by atoms with Gasteiger partial charge in [0.05, 0.1) is 11.4 Å². The Morgan fingerprint density at radius 2 is 1.58 bits per heavy atom. The number of alkyl halides is 3. The quantitative estimate of drug-likeness (QED) is 0.422. The standard InChI is InChI=1S/C26H24F3N3O4/c27-26(28,29)36-21-13-11-19(12-14-21)17-31-15-6-16-32(25(31)34)23-10-5-4-9-22(23)30-24(33)35-18-20-7-2-1-3-8-20/h1-5,7-14H,6,15-18H2,(H,30,33). The van der Waals surface area contributed by atoms with Gasteiger partial charge in [0, 0.05) is 19.6 Å². The number of hydrogen-bond acceptors (Lipinski definition) is 4. The number of carbonyl (C=O) groups is 2. The highest BCUT2D eigenvalue weighted by Crippen LogP contribution is 2.30. The second-order valence-electron chi connectivity index (χ2n) is 8.10. The highest BCUT2D eigenvalue weighted by Gasteiger charge is 2.31. The third-order valence-corrected chi connectivity index (χ3v) is 5.49. The van der Waals surface area contributed by atoms with Gasteiger partial charge in [0.2, 0.25) is 0 Å². The molecule has 4 rings (SSSR count). The van der Waals surface area contributed by atoms with Gasteiger partial charge in [-0.05, 0) is 41.8 Å². The van der Waals surface area contributed by atoms with Gasteiger partial charge in [-0.15, -0.1) is 13.2 Å². The van der Waals surface area contributed by atoms with Crippen molar-refractivity contribution in [3.8, 4) is 5.75 Å². The van der Waals surface area contributed by atoms with Crippen molar-refractivity contribution in [2.75, 3.05) is 23.3 Å². The molecule has 0 bridgehead atoms. The van der Waals surface area contributed by atoms with E-state index in [1.165, 1.54) is 24.3 Å². The molecule has 10 heteroatoms. The summed E-state index contributed by atoms with van der Waals surface area (Å²) >= 11 is 0. The Kier molecular flexibility index (Phi) is 7.62. The number of ether oxygens (including phenoxy) is 2. The van der Waals surface area contributed by atoms with Gasteiger partial charge in [0.1, 0.15) is 12.4 Å². The Labute approximate surface area is 206 Å². The molecule has 0 spiro atoms. The summed E-state index contributed by atoms with van der Waals surface area (Å²) in [4.78, 5) is 28.8. The molecule has 3 aromatic carbocycles. The van der Waals surface area contributed by atoms with Crippen molar-refractivity contribution in [1.29, 1.82) is 0 Å². The second-order valence-corrected chi connectivity index (χ2v) is 8.10. The van der Waals surface area contributed by atoms with Crippen LogP contribution in [0.25, 0.3) is 0 Å². The van der Waals surface area contributed by atoms with E-state index in [4.69, 9.17) is 4.74 Å². The number of halogens is 3. The Balaban J connectivity index is 1.41. The first-order valence-corrected chi connectivity index (χ1v) is 11.3. The molecule has 1 heterocycles. The Morgan fingerprint density at radius 1 is 0.889 bits per heavy atom. The summed E-state index contributed by atoms with van der Waals surface area (Å²) in [5.74, 6) is -0.322. The van der Waals surface area contributed by atoms with Gasteiger partial charge in [-0.25, -0.2) is 9.59 Å². The van der Waals surface area contributed by atoms with Crippen molar-refractivity contribution >= 4 is 23.5 Å². The number of anilines is 2. The number of para-hydroxylation sites is 2. The largest absolute Gasteiger partial charge is 0.573 e. The summed E-state index contributed by atoms with van der Waals surface area (Å²) in [5.41, 5.74) is 2.47. The molecule has 3 amide bonds. The molecule has 36 heavy (non-hydrogen) atoms. The van der Waals surface area contributed by atoms with Crippen molar-refractivity contribution in [3.63, 3.8) is 0 Å². The fraction of sp³-hybridized carbons (Fsp3) is 0.231. The smallest absolute Gasteiger partial charge is 0.444 e. The molecule has 188 valence electrons. The van der Waals surface area contributed by atoms with E-state index in [9.17, 15) is 22.8 Å². The number of rotatable bonds is 7. The lowest BCUT2D eigenvalue weighted by molar-refractivity contribution is -0.274. The van der Waals surface area contributed by atoms with E-state index in [1.807, 2.05) is 30.3 Å². The predicted octanol–water partition coefficient (Wildman–Crippen LogP) is 6.17. The van der Waals surface area contributed by atoms with Gasteiger partial charge in [0.25, 0.3) is 0 Å². The van der Waals surface area contributed by atoms with Crippen LogP contribution in [0.5, 0.6) is 5.75 Å². The molecule has 0 saturated carbocycles. The average molecular weight is 499 g/mol. The molecule has 7 nitrogen and oxygen atoms in total. The maximum absolute atomic E-state index is 13.3.